The highest BCUT2D eigenvalue weighted by Crippen LogP contribution is 2.51. The molecule has 3 atom stereocenters. The van der Waals surface area contributed by atoms with Gasteiger partial charge in [0.1, 0.15) is 17.5 Å². The molecule has 0 saturated carbocycles. The summed E-state index contributed by atoms with van der Waals surface area (Å²) in [7, 11) is 4.83. The molecule has 0 N–H and O–H groups in total. The molecule has 1 aliphatic carbocycles. The van der Waals surface area contributed by atoms with Gasteiger partial charge in [-0.1, -0.05) is 13.0 Å². The average Bonchev–Trinajstić information content (AvgIpc) is 2.87. The molecule has 122 valence electrons. The van der Waals surface area contributed by atoms with Crippen molar-refractivity contribution >= 4 is 5.78 Å². The third-order valence-electron chi connectivity index (χ3n) is 4.61. The highest BCUT2D eigenvalue weighted by Gasteiger charge is 2.52. The van der Waals surface area contributed by atoms with E-state index in [1.54, 1.807) is 27.4 Å². The number of carbonyl (C=O) groups is 1. The van der Waals surface area contributed by atoms with Crippen molar-refractivity contribution in [3.63, 3.8) is 0 Å². The molecule has 1 saturated heterocycles. The molecule has 0 amide bonds. The second-order valence-electron chi connectivity index (χ2n) is 5.68. The van der Waals surface area contributed by atoms with Crippen LogP contribution >= 0.6 is 0 Å². The van der Waals surface area contributed by atoms with Gasteiger partial charge in [-0.15, -0.1) is 0 Å². The van der Waals surface area contributed by atoms with Gasteiger partial charge in [0.15, 0.2) is 17.3 Å². The fourth-order valence-corrected chi connectivity index (χ4v) is 3.29. The molecule has 23 heavy (non-hydrogen) atoms. The number of ketones is 1. The largest absolute Gasteiger partial charge is 0.493 e. The fraction of sp³-hybridized carbons (Fsp3) is 0.389. The van der Waals surface area contributed by atoms with E-state index >= 15 is 0 Å². The van der Waals surface area contributed by atoms with Crippen molar-refractivity contribution in [1.29, 1.82) is 0 Å². The Morgan fingerprint density at radius 3 is 2.52 bits per heavy atom. The first-order valence-electron chi connectivity index (χ1n) is 7.45. The molecule has 1 heterocycles. The number of ether oxygens (including phenoxy) is 4. The van der Waals surface area contributed by atoms with Crippen molar-refractivity contribution in [2.45, 2.75) is 18.6 Å². The third-order valence-corrected chi connectivity index (χ3v) is 4.61. The second kappa shape index (κ2) is 5.74. The van der Waals surface area contributed by atoms with E-state index in [0.29, 0.717) is 17.3 Å². The van der Waals surface area contributed by atoms with Crippen LogP contribution in [0.4, 0.5) is 0 Å². The summed E-state index contributed by atoms with van der Waals surface area (Å²) in [4.78, 5) is 11.7. The van der Waals surface area contributed by atoms with Crippen molar-refractivity contribution in [1.82, 2.24) is 0 Å². The fourth-order valence-electron chi connectivity index (χ4n) is 3.29. The van der Waals surface area contributed by atoms with Gasteiger partial charge in [-0.25, -0.2) is 0 Å². The van der Waals surface area contributed by atoms with E-state index in [1.807, 2.05) is 25.1 Å². The van der Waals surface area contributed by atoms with E-state index in [9.17, 15) is 4.79 Å². The Balaban J connectivity index is 2.01. The van der Waals surface area contributed by atoms with Crippen molar-refractivity contribution < 1.29 is 23.7 Å². The Kier molecular flexibility index (Phi) is 3.90. The molecule has 1 fully saturated rings. The highest BCUT2D eigenvalue weighted by molar-refractivity contribution is 6.01. The monoisotopic (exact) mass is 316 g/mol. The molecule has 0 spiro atoms. The van der Waals surface area contributed by atoms with Crippen molar-refractivity contribution in [3.05, 3.63) is 47.7 Å². The highest BCUT2D eigenvalue weighted by atomic mass is 16.6. The molecular formula is C18H20O5. The van der Waals surface area contributed by atoms with E-state index in [0.717, 1.165) is 5.56 Å². The van der Waals surface area contributed by atoms with Crippen LogP contribution in [0.3, 0.4) is 0 Å². The first-order chi connectivity index (χ1) is 11.1. The minimum Gasteiger partial charge on any atom is -0.493 e. The van der Waals surface area contributed by atoms with Gasteiger partial charge < -0.3 is 18.9 Å². The lowest BCUT2D eigenvalue weighted by Crippen LogP contribution is -2.36. The van der Waals surface area contributed by atoms with Crippen LogP contribution in [-0.2, 0) is 14.3 Å². The van der Waals surface area contributed by atoms with Gasteiger partial charge in [0.05, 0.1) is 14.2 Å². The Morgan fingerprint density at radius 1 is 1.13 bits per heavy atom. The van der Waals surface area contributed by atoms with E-state index < -0.39 is 5.60 Å². The average molecular weight is 316 g/mol. The zero-order valence-electron chi connectivity index (χ0n) is 13.7. The molecule has 1 aromatic carbocycles. The maximum atomic E-state index is 11.7. The number of allylic oxidation sites excluding steroid dienone is 2. The number of carbonyl (C=O) groups excluding carboxylic acids is 1. The van der Waals surface area contributed by atoms with Gasteiger partial charge in [0.25, 0.3) is 0 Å². The molecule has 0 bridgehead atoms. The molecule has 0 aromatic heterocycles. The summed E-state index contributed by atoms with van der Waals surface area (Å²) < 4.78 is 22.4. The Labute approximate surface area is 135 Å². The molecule has 0 radical (unpaired) electrons. The number of methoxy groups -OCH3 is 3. The van der Waals surface area contributed by atoms with Crippen LogP contribution in [0.25, 0.3) is 0 Å². The van der Waals surface area contributed by atoms with Crippen LogP contribution in [0.2, 0.25) is 0 Å². The van der Waals surface area contributed by atoms with E-state index in [2.05, 4.69) is 0 Å². The predicted octanol–water partition coefficient (Wildman–Crippen LogP) is 2.82. The number of rotatable bonds is 4. The minimum absolute atomic E-state index is 0.00111. The third kappa shape index (κ3) is 2.32. The SMILES string of the molecule is COc1ccc([C@H]2OC3=CC(=O)C=CC3(OC)[C@@H]2C)cc1OC. The normalized spacial score (nSPS) is 28.9. The van der Waals surface area contributed by atoms with Crippen molar-refractivity contribution in [3.8, 4) is 11.5 Å². The van der Waals surface area contributed by atoms with Gasteiger partial charge in [-0.3, -0.25) is 4.79 Å². The molecule has 1 aromatic rings. The summed E-state index contributed by atoms with van der Waals surface area (Å²) in [5.74, 6) is 1.77. The number of hydrogen-bond acceptors (Lipinski definition) is 5. The lowest BCUT2D eigenvalue weighted by atomic mass is 9.81. The van der Waals surface area contributed by atoms with Gasteiger partial charge in [-0.05, 0) is 29.8 Å². The molecular weight excluding hydrogens is 296 g/mol. The lowest BCUT2D eigenvalue weighted by molar-refractivity contribution is -0.111. The van der Waals surface area contributed by atoms with Crippen LogP contribution in [0.1, 0.15) is 18.6 Å². The summed E-state index contributed by atoms with van der Waals surface area (Å²) in [6, 6.07) is 5.68. The van der Waals surface area contributed by atoms with Gasteiger partial charge >= 0.3 is 0 Å². The second-order valence-corrected chi connectivity index (χ2v) is 5.68. The van der Waals surface area contributed by atoms with Crippen molar-refractivity contribution in [2.75, 3.05) is 21.3 Å². The summed E-state index contributed by atoms with van der Waals surface area (Å²) in [5.41, 5.74) is 0.244. The minimum atomic E-state index is -0.703. The maximum Gasteiger partial charge on any atom is 0.181 e. The number of hydrogen-bond donors (Lipinski definition) is 0. The standard InChI is InChI=1S/C18H20O5/c1-11-17(12-5-6-14(20-2)15(9-12)21-3)23-16-10-13(19)7-8-18(11,16)22-4/h5-11,17H,1-4H3/t11-,17+,18?/m1/s1. The van der Waals surface area contributed by atoms with Crippen molar-refractivity contribution in [2.24, 2.45) is 5.92 Å². The zero-order valence-corrected chi connectivity index (χ0v) is 13.7. The first kappa shape index (κ1) is 15.6. The predicted molar refractivity (Wildman–Crippen MR) is 84.5 cm³/mol. The topological polar surface area (TPSA) is 54.0 Å². The molecule has 5 heteroatoms. The summed E-state index contributed by atoms with van der Waals surface area (Å²) in [6.07, 6.45) is 4.58. The summed E-state index contributed by atoms with van der Waals surface area (Å²) in [6.45, 7) is 2.05. The zero-order chi connectivity index (χ0) is 16.6. The lowest BCUT2D eigenvalue weighted by Gasteiger charge is -2.29. The first-order valence-corrected chi connectivity index (χ1v) is 7.45. The van der Waals surface area contributed by atoms with E-state index in [1.165, 1.54) is 12.2 Å². The van der Waals surface area contributed by atoms with Gasteiger partial charge in [0, 0.05) is 19.1 Å². The smallest absolute Gasteiger partial charge is 0.181 e. The quantitative estimate of drug-likeness (QED) is 0.855. The molecule has 3 rings (SSSR count). The maximum absolute atomic E-state index is 11.7. The number of fused-ring (bicyclic) bond motifs is 1. The van der Waals surface area contributed by atoms with Gasteiger partial charge in [-0.2, -0.15) is 0 Å². The van der Waals surface area contributed by atoms with Crippen LogP contribution in [0.15, 0.2) is 42.2 Å². The van der Waals surface area contributed by atoms with Crippen LogP contribution in [0.5, 0.6) is 11.5 Å². The summed E-state index contributed by atoms with van der Waals surface area (Å²) in [5, 5.41) is 0. The van der Waals surface area contributed by atoms with E-state index in [4.69, 9.17) is 18.9 Å². The molecule has 2 aliphatic rings. The van der Waals surface area contributed by atoms with E-state index in [-0.39, 0.29) is 17.8 Å². The number of benzene rings is 1. The Morgan fingerprint density at radius 2 is 1.87 bits per heavy atom. The molecule has 1 unspecified atom stereocenters. The van der Waals surface area contributed by atoms with Crippen LogP contribution < -0.4 is 9.47 Å². The Hall–Kier alpha value is -2.27. The Bertz CT molecular complexity index is 691. The van der Waals surface area contributed by atoms with Crippen LogP contribution in [-0.4, -0.2) is 32.7 Å². The van der Waals surface area contributed by atoms with Crippen LogP contribution in [0, 0.1) is 5.92 Å². The molecule has 1 aliphatic heterocycles. The molecule has 5 nitrogen and oxygen atoms in total. The van der Waals surface area contributed by atoms with Gasteiger partial charge in [0.2, 0.25) is 0 Å². The summed E-state index contributed by atoms with van der Waals surface area (Å²) >= 11 is 0.